The summed E-state index contributed by atoms with van der Waals surface area (Å²) < 4.78 is 6.33. The fraction of sp³-hybridized carbons (Fsp3) is 0.143. The van der Waals surface area contributed by atoms with Crippen LogP contribution in [-0.2, 0) is 4.79 Å². The summed E-state index contributed by atoms with van der Waals surface area (Å²) in [4.78, 5) is 31.0. The van der Waals surface area contributed by atoms with E-state index in [0.717, 1.165) is 22.9 Å². The van der Waals surface area contributed by atoms with E-state index in [1.165, 1.54) is 12.1 Å². The van der Waals surface area contributed by atoms with E-state index in [9.17, 15) is 14.9 Å². The number of nitriles is 1. The number of nitrogens with zero attached hydrogens (tertiary/aromatic N) is 2. The largest absolute Gasteiger partial charge is 0.449 e. The summed E-state index contributed by atoms with van der Waals surface area (Å²) in [5.74, 6) is -0.218. The molecular weight excluding hydrogens is 468 g/mol. The van der Waals surface area contributed by atoms with Gasteiger partial charge in [-0.05, 0) is 71.7 Å². The quantitative estimate of drug-likeness (QED) is 0.307. The first kappa shape index (κ1) is 21.6. The average Bonchev–Trinajstić information content (AvgIpc) is 3.00. The lowest BCUT2D eigenvalue weighted by atomic mass is 10.1. The van der Waals surface area contributed by atoms with Crippen molar-refractivity contribution in [2.24, 2.45) is 0 Å². The van der Waals surface area contributed by atoms with Crippen LogP contribution in [-0.4, -0.2) is 15.9 Å². The van der Waals surface area contributed by atoms with Gasteiger partial charge in [0.25, 0.3) is 11.5 Å². The van der Waals surface area contributed by atoms with Gasteiger partial charge in [-0.2, -0.15) is 5.26 Å². The maximum absolute atomic E-state index is 12.6. The highest BCUT2D eigenvalue weighted by Gasteiger charge is 2.15. The lowest BCUT2D eigenvalue weighted by Crippen LogP contribution is -2.14. The maximum Gasteiger partial charge on any atom is 0.266 e. The predicted octanol–water partition coefficient (Wildman–Crippen LogP) is 4.75. The zero-order valence-corrected chi connectivity index (χ0v) is 18.8. The monoisotopic (exact) mass is 484 g/mol. The average molecular weight is 485 g/mol. The van der Waals surface area contributed by atoms with Crippen LogP contribution in [0, 0.1) is 32.1 Å². The number of hydrogen-bond acceptors (Lipinski definition) is 6. The van der Waals surface area contributed by atoms with Crippen molar-refractivity contribution in [1.82, 2.24) is 9.97 Å². The van der Waals surface area contributed by atoms with Gasteiger partial charge in [-0.1, -0.05) is 12.1 Å². The number of halogens is 1. The van der Waals surface area contributed by atoms with Gasteiger partial charge in [0.2, 0.25) is 0 Å². The molecule has 0 saturated carbocycles. The number of benzene rings is 1. The third-order valence-electron chi connectivity index (χ3n) is 4.00. The molecule has 0 aliphatic rings. The number of H-pyrrole nitrogens is 1. The number of aryl methyl sites for hydroxylation is 3. The van der Waals surface area contributed by atoms with Gasteiger partial charge < -0.3 is 14.7 Å². The standard InChI is InChI=1S/C21H17BrN4O3S/c1-11-4-5-12(2)17(6-11)25-19(28)14(10-23)8-15-9-16(22)20(29-15)30-21-24-13(3)7-18(27)26-21/h4-9H,1-3H3,(H,25,28)(H,24,26,27)/b14-8+. The summed E-state index contributed by atoms with van der Waals surface area (Å²) in [6.07, 6.45) is 1.36. The molecule has 3 rings (SSSR count). The number of rotatable bonds is 5. The van der Waals surface area contributed by atoms with E-state index in [2.05, 4.69) is 31.2 Å². The van der Waals surface area contributed by atoms with Gasteiger partial charge in [0.05, 0.1) is 4.47 Å². The van der Waals surface area contributed by atoms with Gasteiger partial charge in [-0.3, -0.25) is 9.59 Å². The molecule has 30 heavy (non-hydrogen) atoms. The van der Waals surface area contributed by atoms with Crippen LogP contribution in [0.25, 0.3) is 6.08 Å². The highest BCUT2D eigenvalue weighted by atomic mass is 79.9. The second-order valence-electron chi connectivity index (χ2n) is 6.52. The Kier molecular flexibility index (Phi) is 6.59. The molecule has 0 fully saturated rings. The third kappa shape index (κ3) is 5.28. The Morgan fingerprint density at radius 3 is 2.77 bits per heavy atom. The minimum absolute atomic E-state index is 0.101. The van der Waals surface area contributed by atoms with E-state index in [-0.39, 0.29) is 11.1 Å². The van der Waals surface area contributed by atoms with Crippen LogP contribution in [0.4, 0.5) is 5.69 Å². The number of anilines is 1. The van der Waals surface area contributed by atoms with Crippen molar-refractivity contribution in [3.8, 4) is 6.07 Å². The topological polar surface area (TPSA) is 112 Å². The van der Waals surface area contributed by atoms with Crippen LogP contribution in [0.3, 0.4) is 0 Å². The van der Waals surface area contributed by atoms with Gasteiger partial charge in [0.1, 0.15) is 17.4 Å². The molecule has 2 heterocycles. The fourth-order valence-electron chi connectivity index (χ4n) is 2.55. The zero-order valence-electron chi connectivity index (χ0n) is 16.4. The Morgan fingerprint density at radius 1 is 1.30 bits per heavy atom. The summed E-state index contributed by atoms with van der Waals surface area (Å²) in [7, 11) is 0. The van der Waals surface area contributed by atoms with Crippen molar-refractivity contribution < 1.29 is 9.21 Å². The number of carbonyl (C=O) groups excluding carboxylic acids is 1. The van der Waals surface area contributed by atoms with Crippen LogP contribution in [0.2, 0.25) is 0 Å². The Hall–Kier alpha value is -3.09. The van der Waals surface area contributed by atoms with E-state index in [1.807, 2.05) is 38.1 Å². The van der Waals surface area contributed by atoms with Gasteiger partial charge in [0.15, 0.2) is 10.2 Å². The van der Waals surface area contributed by atoms with E-state index in [0.29, 0.717) is 31.9 Å². The summed E-state index contributed by atoms with van der Waals surface area (Å²) >= 11 is 4.50. The van der Waals surface area contributed by atoms with Gasteiger partial charge in [0, 0.05) is 23.5 Å². The third-order valence-corrected chi connectivity index (χ3v) is 5.73. The highest BCUT2D eigenvalue weighted by molar-refractivity contribution is 9.10. The molecule has 1 amide bonds. The minimum Gasteiger partial charge on any atom is -0.449 e. The highest BCUT2D eigenvalue weighted by Crippen LogP contribution is 2.34. The summed E-state index contributed by atoms with van der Waals surface area (Å²) in [6, 6.07) is 10.6. The molecule has 2 N–H and O–H groups in total. The van der Waals surface area contributed by atoms with Gasteiger partial charge in [-0.25, -0.2) is 4.98 Å². The molecule has 0 bridgehead atoms. The van der Waals surface area contributed by atoms with Gasteiger partial charge >= 0.3 is 0 Å². The second-order valence-corrected chi connectivity index (χ2v) is 8.34. The molecule has 2 aromatic heterocycles. The van der Waals surface area contributed by atoms with E-state index >= 15 is 0 Å². The molecule has 152 valence electrons. The van der Waals surface area contributed by atoms with E-state index < -0.39 is 5.91 Å². The normalized spacial score (nSPS) is 11.2. The first-order valence-corrected chi connectivity index (χ1v) is 10.4. The summed E-state index contributed by atoms with van der Waals surface area (Å²) in [5.41, 5.74) is 2.76. The summed E-state index contributed by atoms with van der Waals surface area (Å²) in [5, 5.41) is 13.0. The van der Waals surface area contributed by atoms with Crippen molar-refractivity contribution in [1.29, 1.82) is 5.26 Å². The smallest absolute Gasteiger partial charge is 0.266 e. The Balaban J connectivity index is 1.83. The van der Waals surface area contributed by atoms with Crippen LogP contribution in [0.15, 0.2) is 59.8 Å². The predicted molar refractivity (Wildman–Crippen MR) is 118 cm³/mol. The number of furan rings is 1. The number of nitrogens with one attached hydrogen (secondary N) is 2. The lowest BCUT2D eigenvalue weighted by Gasteiger charge is -2.08. The molecule has 0 saturated heterocycles. The molecule has 0 aliphatic heterocycles. The lowest BCUT2D eigenvalue weighted by molar-refractivity contribution is -0.112. The van der Waals surface area contributed by atoms with Crippen molar-refractivity contribution in [2.75, 3.05) is 5.32 Å². The first-order chi connectivity index (χ1) is 14.2. The van der Waals surface area contributed by atoms with E-state index in [4.69, 9.17) is 4.42 Å². The van der Waals surface area contributed by atoms with Crippen LogP contribution in [0.5, 0.6) is 0 Å². The van der Waals surface area contributed by atoms with Crippen LogP contribution < -0.4 is 10.9 Å². The maximum atomic E-state index is 12.6. The molecule has 7 nitrogen and oxygen atoms in total. The molecule has 0 radical (unpaired) electrons. The SMILES string of the molecule is Cc1ccc(C)c(NC(=O)/C(C#N)=C/c2cc(Br)c(Sc3nc(C)cc(=O)[nH]3)o2)c1. The Morgan fingerprint density at radius 2 is 2.07 bits per heavy atom. The molecule has 9 heteroatoms. The Bertz CT molecular complexity index is 1250. The number of aromatic amines is 1. The number of aromatic nitrogens is 2. The molecule has 1 aromatic carbocycles. The van der Waals surface area contributed by atoms with Crippen molar-refractivity contribution in [2.45, 2.75) is 31.0 Å². The van der Waals surface area contributed by atoms with Crippen molar-refractivity contribution >= 4 is 45.4 Å². The molecule has 0 spiro atoms. The van der Waals surface area contributed by atoms with Crippen LogP contribution in [0.1, 0.15) is 22.6 Å². The minimum atomic E-state index is -0.530. The fourth-order valence-corrected chi connectivity index (χ4v) is 3.91. The van der Waals surface area contributed by atoms with Crippen molar-refractivity contribution in [3.05, 3.63) is 73.3 Å². The first-order valence-electron chi connectivity index (χ1n) is 8.80. The molecule has 0 atom stereocenters. The van der Waals surface area contributed by atoms with Gasteiger partial charge in [-0.15, -0.1) is 0 Å². The number of hydrogen-bond donors (Lipinski definition) is 2. The molecular formula is C21H17BrN4O3S. The molecule has 3 aromatic rings. The number of carbonyl (C=O) groups is 1. The number of amides is 1. The Labute approximate surface area is 185 Å². The molecule has 0 aliphatic carbocycles. The second kappa shape index (κ2) is 9.15. The van der Waals surface area contributed by atoms with E-state index in [1.54, 1.807) is 13.0 Å². The molecule has 0 unspecified atom stereocenters. The van der Waals surface area contributed by atoms with Crippen LogP contribution >= 0.6 is 27.7 Å². The summed E-state index contributed by atoms with van der Waals surface area (Å²) in [6.45, 7) is 5.52. The zero-order chi connectivity index (χ0) is 21.8. The van der Waals surface area contributed by atoms with Crippen molar-refractivity contribution in [3.63, 3.8) is 0 Å².